The summed E-state index contributed by atoms with van der Waals surface area (Å²) in [5.41, 5.74) is 3.03. The molecule has 1 heterocycles. The Bertz CT molecular complexity index is 820. The summed E-state index contributed by atoms with van der Waals surface area (Å²) < 4.78 is 5.55. The molecule has 6 nitrogen and oxygen atoms in total. The van der Waals surface area contributed by atoms with Gasteiger partial charge in [-0.05, 0) is 29.2 Å². The Morgan fingerprint density at radius 1 is 1.15 bits per heavy atom. The van der Waals surface area contributed by atoms with E-state index in [0.29, 0.717) is 0 Å². The highest BCUT2D eigenvalue weighted by atomic mass is 16.6. The first kappa shape index (κ1) is 18.0. The molecule has 0 bridgehead atoms. The number of hydrogen-bond acceptors (Lipinski definition) is 5. The molecule has 2 aliphatic rings. The molecule has 4 rings (SSSR count). The Morgan fingerprint density at radius 2 is 1.70 bits per heavy atom. The quantitative estimate of drug-likeness (QED) is 0.767. The summed E-state index contributed by atoms with van der Waals surface area (Å²) in [5, 5.41) is 29.8. The zero-order valence-corrected chi connectivity index (χ0v) is 15.1. The minimum absolute atomic E-state index is 0.0676. The summed E-state index contributed by atoms with van der Waals surface area (Å²) in [6.45, 7) is 1.06. The smallest absolute Gasteiger partial charge is 0.410 e. The van der Waals surface area contributed by atoms with E-state index in [9.17, 15) is 20.1 Å². The summed E-state index contributed by atoms with van der Waals surface area (Å²) in [6, 6.07) is 15.2. The summed E-state index contributed by atoms with van der Waals surface area (Å²) in [4.78, 5) is 13.8. The predicted molar refractivity (Wildman–Crippen MR) is 99.3 cm³/mol. The molecule has 142 valence electrons. The number of fused-ring (bicyclic) bond motifs is 3. The predicted octanol–water partition coefficient (Wildman–Crippen LogP) is 1.72. The monoisotopic (exact) mass is 369 g/mol. The lowest BCUT2D eigenvalue weighted by Gasteiger charge is -2.24. The highest BCUT2D eigenvalue weighted by Gasteiger charge is 2.50. The van der Waals surface area contributed by atoms with Gasteiger partial charge in [-0.1, -0.05) is 48.5 Å². The first-order valence-corrected chi connectivity index (χ1v) is 9.07. The van der Waals surface area contributed by atoms with E-state index in [2.05, 4.69) is 12.1 Å². The van der Waals surface area contributed by atoms with Crippen LogP contribution < -0.4 is 0 Å². The van der Waals surface area contributed by atoms with Gasteiger partial charge in [0.25, 0.3) is 0 Å². The first-order valence-electron chi connectivity index (χ1n) is 9.07. The number of hydrogen-bond donors (Lipinski definition) is 3. The van der Waals surface area contributed by atoms with Crippen molar-refractivity contribution in [2.45, 2.75) is 30.6 Å². The van der Waals surface area contributed by atoms with Crippen LogP contribution in [0.2, 0.25) is 0 Å². The molecule has 0 radical (unpaired) electrons. The molecule has 6 heteroatoms. The van der Waals surface area contributed by atoms with Crippen molar-refractivity contribution >= 4 is 6.09 Å². The fourth-order valence-electron chi connectivity index (χ4n) is 4.22. The molecule has 1 saturated heterocycles. The largest absolute Gasteiger partial charge is 0.448 e. The molecular weight excluding hydrogens is 346 g/mol. The second kappa shape index (κ2) is 6.64. The first-order chi connectivity index (χ1) is 12.9. The molecule has 0 spiro atoms. The number of likely N-dealkylation sites (tertiary alicyclic amines) is 1. The number of ether oxygens (including phenoxy) is 1. The molecule has 2 aromatic carbocycles. The van der Waals surface area contributed by atoms with E-state index in [1.807, 2.05) is 36.4 Å². The van der Waals surface area contributed by atoms with Gasteiger partial charge in [-0.15, -0.1) is 0 Å². The lowest BCUT2D eigenvalue weighted by atomic mass is 9.98. The Morgan fingerprint density at radius 3 is 2.26 bits per heavy atom. The number of aliphatic hydroxyl groups excluding tert-OH is 2. The Labute approximate surface area is 157 Å². The second-order valence-corrected chi connectivity index (χ2v) is 7.48. The number of aliphatic hydroxyl groups is 3. The maximum Gasteiger partial charge on any atom is 0.410 e. The van der Waals surface area contributed by atoms with Crippen LogP contribution in [-0.2, 0) is 4.74 Å². The number of β-amino-alcohol motifs (C(OH)–C–C–N with tert-alkyl or cyclic N) is 1. The highest BCUT2D eigenvalue weighted by molar-refractivity contribution is 5.79. The fraction of sp³-hybridized carbons (Fsp3) is 0.381. The molecule has 0 aromatic heterocycles. The summed E-state index contributed by atoms with van der Waals surface area (Å²) >= 11 is 0. The molecule has 1 amide bonds. The van der Waals surface area contributed by atoms with Gasteiger partial charge in [-0.25, -0.2) is 4.79 Å². The van der Waals surface area contributed by atoms with Gasteiger partial charge in [-0.3, -0.25) is 4.90 Å². The normalized spacial score (nSPS) is 26.7. The Kier molecular flexibility index (Phi) is 4.42. The van der Waals surface area contributed by atoms with Gasteiger partial charge >= 0.3 is 6.09 Å². The number of rotatable bonds is 3. The van der Waals surface area contributed by atoms with Crippen LogP contribution in [0, 0.1) is 0 Å². The van der Waals surface area contributed by atoms with Gasteiger partial charge in [-0.2, -0.15) is 0 Å². The third-order valence-corrected chi connectivity index (χ3v) is 5.65. The molecule has 1 fully saturated rings. The van der Waals surface area contributed by atoms with Crippen LogP contribution in [0.5, 0.6) is 0 Å². The van der Waals surface area contributed by atoms with Crippen LogP contribution in [0.15, 0.2) is 48.5 Å². The fourth-order valence-corrected chi connectivity index (χ4v) is 4.22. The third kappa shape index (κ3) is 2.90. The molecule has 0 saturated carbocycles. The zero-order chi connectivity index (χ0) is 19.2. The van der Waals surface area contributed by atoms with Gasteiger partial charge in [0.05, 0.1) is 19.2 Å². The van der Waals surface area contributed by atoms with Crippen molar-refractivity contribution < 1.29 is 24.9 Å². The van der Waals surface area contributed by atoms with Crippen molar-refractivity contribution in [3.05, 3.63) is 59.7 Å². The summed E-state index contributed by atoms with van der Waals surface area (Å²) in [7, 11) is 0. The molecule has 27 heavy (non-hydrogen) atoms. The Balaban J connectivity index is 1.53. The van der Waals surface area contributed by atoms with Crippen molar-refractivity contribution in [2.75, 3.05) is 19.8 Å². The minimum Gasteiger partial charge on any atom is -0.448 e. The van der Waals surface area contributed by atoms with E-state index in [0.717, 1.165) is 22.3 Å². The molecular formula is C21H23NO5. The number of carbonyl (C=O) groups excluding carboxylic acids is 1. The standard InChI is InChI=1S/C21H23NO5/c1-21(26)12-22(18(10-23)19(21)24)20(25)27-11-17-15-8-4-2-6-13(15)14-7-3-5-9-16(14)17/h2-9,17-19,23-24,26H,10-12H2,1H3/t18-,19-,21+/m1/s1. The second-order valence-electron chi connectivity index (χ2n) is 7.48. The molecule has 1 aliphatic carbocycles. The van der Waals surface area contributed by atoms with Crippen molar-refractivity contribution in [3.8, 4) is 11.1 Å². The van der Waals surface area contributed by atoms with Crippen LogP contribution in [0.1, 0.15) is 24.0 Å². The van der Waals surface area contributed by atoms with Crippen molar-refractivity contribution in [1.82, 2.24) is 4.90 Å². The van der Waals surface area contributed by atoms with E-state index in [1.54, 1.807) is 0 Å². The summed E-state index contributed by atoms with van der Waals surface area (Å²) in [5.74, 6) is -0.0676. The molecule has 2 aromatic rings. The van der Waals surface area contributed by atoms with E-state index < -0.39 is 30.4 Å². The van der Waals surface area contributed by atoms with E-state index in [4.69, 9.17) is 4.74 Å². The molecule has 3 N–H and O–H groups in total. The van der Waals surface area contributed by atoms with E-state index >= 15 is 0 Å². The maximum atomic E-state index is 12.6. The number of amides is 1. The van der Waals surface area contributed by atoms with Crippen molar-refractivity contribution in [2.24, 2.45) is 0 Å². The van der Waals surface area contributed by atoms with Crippen molar-refractivity contribution in [1.29, 1.82) is 0 Å². The van der Waals surface area contributed by atoms with E-state index in [-0.39, 0.29) is 19.1 Å². The van der Waals surface area contributed by atoms with Gasteiger partial charge in [0.15, 0.2) is 0 Å². The van der Waals surface area contributed by atoms with Crippen LogP contribution in [0.4, 0.5) is 4.79 Å². The van der Waals surface area contributed by atoms with E-state index in [1.165, 1.54) is 11.8 Å². The number of nitrogens with zero attached hydrogens (tertiary/aromatic N) is 1. The number of carbonyl (C=O) groups is 1. The molecule has 0 unspecified atom stereocenters. The highest BCUT2D eigenvalue weighted by Crippen LogP contribution is 2.44. The van der Waals surface area contributed by atoms with Crippen molar-refractivity contribution in [3.63, 3.8) is 0 Å². The van der Waals surface area contributed by atoms with Gasteiger partial charge in [0, 0.05) is 5.92 Å². The van der Waals surface area contributed by atoms with Gasteiger partial charge in [0.1, 0.15) is 18.3 Å². The van der Waals surface area contributed by atoms with Crippen LogP contribution >= 0.6 is 0 Å². The average Bonchev–Trinajstić information content (AvgIpc) is 3.11. The topological polar surface area (TPSA) is 90.2 Å². The van der Waals surface area contributed by atoms with Gasteiger partial charge < -0.3 is 20.1 Å². The molecule has 1 aliphatic heterocycles. The summed E-state index contributed by atoms with van der Waals surface area (Å²) in [6.07, 6.45) is -1.87. The molecule has 3 atom stereocenters. The lowest BCUT2D eigenvalue weighted by molar-refractivity contribution is -0.0416. The van der Waals surface area contributed by atoms with Gasteiger partial charge in [0.2, 0.25) is 0 Å². The Hall–Kier alpha value is -2.41. The maximum absolute atomic E-state index is 12.6. The average molecular weight is 369 g/mol. The van der Waals surface area contributed by atoms with Crippen LogP contribution in [0.3, 0.4) is 0 Å². The number of benzene rings is 2. The minimum atomic E-state index is -1.47. The third-order valence-electron chi connectivity index (χ3n) is 5.65. The zero-order valence-electron chi connectivity index (χ0n) is 15.1. The van der Waals surface area contributed by atoms with Crippen LogP contribution in [-0.4, -0.2) is 63.8 Å². The SMILES string of the molecule is C[C@]1(O)CN(C(=O)OCC2c3ccccc3-c3ccccc32)[C@H](CO)[C@H]1O. The van der Waals surface area contributed by atoms with Crippen LogP contribution in [0.25, 0.3) is 11.1 Å². The lowest BCUT2D eigenvalue weighted by Crippen LogP contribution is -2.44.